The second-order valence-corrected chi connectivity index (χ2v) is 12.0. The largest absolute Gasteiger partial charge is 0.497 e. The fraction of sp³-hybridized carbons (Fsp3) is 0.692. The highest BCUT2D eigenvalue weighted by atomic mass is 32.2. The summed E-state index contributed by atoms with van der Waals surface area (Å²) in [7, 11) is 1.07. The van der Waals surface area contributed by atoms with Gasteiger partial charge in [0.1, 0.15) is 12.4 Å². The Labute approximate surface area is 221 Å². The molecule has 0 N–H and O–H groups in total. The van der Waals surface area contributed by atoms with Crippen molar-refractivity contribution in [2.75, 3.05) is 73.7 Å². The van der Waals surface area contributed by atoms with Crippen molar-refractivity contribution in [3.8, 4) is 5.75 Å². The lowest BCUT2D eigenvalue weighted by Gasteiger charge is -2.25. The normalized spacial score (nSPS) is 18.5. The quantitative estimate of drug-likeness (QED) is 0.372. The van der Waals surface area contributed by atoms with Gasteiger partial charge < -0.3 is 24.2 Å². The van der Waals surface area contributed by atoms with Crippen LogP contribution < -0.4 is 4.74 Å². The van der Waals surface area contributed by atoms with Crippen LogP contribution in [-0.4, -0.2) is 119 Å². The van der Waals surface area contributed by atoms with Crippen LogP contribution >= 0.6 is 0 Å². The first-order valence-electron chi connectivity index (χ1n) is 13.0. The summed E-state index contributed by atoms with van der Waals surface area (Å²) in [4.78, 5) is 31.3. The second-order valence-electron chi connectivity index (χ2n) is 10.1. The number of rotatable bonds is 12. The fourth-order valence-electron chi connectivity index (χ4n) is 5.07. The minimum atomic E-state index is -3.72. The smallest absolute Gasteiger partial charge is 0.248 e. The summed E-state index contributed by atoms with van der Waals surface area (Å²) in [6, 6.07) is 3.37. The molecule has 2 saturated heterocycles. The van der Waals surface area contributed by atoms with Crippen molar-refractivity contribution in [1.29, 1.82) is 0 Å². The maximum atomic E-state index is 13.1. The molecule has 208 valence electrons. The molecule has 3 rings (SSSR count). The highest BCUT2D eigenvalue weighted by Gasteiger charge is 2.31. The topological polar surface area (TPSA) is 99.7 Å². The first-order valence-corrected chi connectivity index (χ1v) is 14.4. The molecule has 0 bridgehead atoms. The van der Waals surface area contributed by atoms with Crippen molar-refractivity contribution in [2.45, 2.75) is 50.5 Å². The van der Waals surface area contributed by atoms with E-state index in [9.17, 15) is 18.0 Å². The van der Waals surface area contributed by atoms with Crippen LogP contribution in [0.2, 0.25) is 0 Å². The lowest BCUT2D eigenvalue weighted by atomic mass is 10.1. The third-order valence-corrected chi connectivity index (χ3v) is 9.57. The Bertz CT molecular complexity index is 1030. The maximum absolute atomic E-state index is 13.1. The summed E-state index contributed by atoms with van der Waals surface area (Å²) in [6.07, 6.45) is 3.70. The number of methoxy groups -OCH3 is 1. The van der Waals surface area contributed by atoms with Crippen LogP contribution in [0.1, 0.15) is 36.8 Å². The molecule has 2 fully saturated rings. The fourth-order valence-corrected chi connectivity index (χ4v) is 6.63. The molecular formula is C26H42N4O6S. The minimum Gasteiger partial charge on any atom is -0.497 e. The highest BCUT2D eigenvalue weighted by Crippen LogP contribution is 2.27. The van der Waals surface area contributed by atoms with E-state index in [0.29, 0.717) is 36.4 Å². The molecule has 2 aliphatic rings. The van der Waals surface area contributed by atoms with Crippen molar-refractivity contribution in [3.63, 3.8) is 0 Å². The molecular weight excluding hydrogens is 496 g/mol. The van der Waals surface area contributed by atoms with Gasteiger partial charge in [0.2, 0.25) is 21.8 Å². The second kappa shape index (κ2) is 13.0. The predicted octanol–water partition coefficient (Wildman–Crippen LogP) is 1.49. The van der Waals surface area contributed by atoms with Gasteiger partial charge in [0, 0.05) is 46.7 Å². The molecule has 0 spiro atoms. The van der Waals surface area contributed by atoms with Crippen LogP contribution in [-0.2, 0) is 24.3 Å². The monoisotopic (exact) mass is 538 g/mol. The van der Waals surface area contributed by atoms with Crippen LogP contribution in [0.4, 0.5) is 0 Å². The van der Waals surface area contributed by atoms with E-state index in [1.807, 2.05) is 4.90 Å². The molecule has 1 atom stereocenters. The maximum Gasteiger partial charge on any atom is 0.248 e. The summed E-state index contributed by atoms with van der Waals surface area (Å²) < 4.78 is 38.2. The average molecular weight is 539 g/mol. The summed E-state index contributed by atoms with van der Waals surface area (Å²) in [5.74, 6) is 0.584. The Kier molecular flexibility index (Phi) is 10.3. The summed E-state index contributed by atoms with van der Waals surface area (Å²) >= 11 is 0. The van der Waals surface area contributed by atoms with Crippen molar-refractivity contribution in [3.05, 3.63) is 23.3 Å². The SMILES string of the molecule is COc1cc(C)c(S(=O)(=O)N(C)CCOCC(=O)N(C)[C@@H]2CCN(C(=O)CCN3CCCC3)C2)c(C)c1. The van der Waals surface area contributed by atoms with Gasteiger partial charge in [-0.1, -0.05) is 0 Å². The zero-order valence-corrected chi connectivity index (χ0v) is 23.7. The number of ether oxygens (including phenoxy) is 2. The van der Waals surface area contributed by atoms with Crippen LogP contribution in [0.25, 0.3) is 0 Å². The zero-order valence-electron chi connectivity index (χ0n) is 22.9. The van der Waals surface area contributed by atoms with Crippen LogP contribution in [0.5, 0.6) is 5.75 Å². The number of sulfonamides is 1. The van der Waals surface area contributed by atoms with Crippen molar-refractivity contribution < 1.29 is 27.5 Å². The predicted molar refractivity (Wildman–Crippen MR) is 141 cm³/mol. The number of aryl methyl sites for hydroxylation is 2. The van der Waals surface area contributed by atoms with Gasteiger partial charge in [-0.3, -0.25) is 9.59 Å². The number of carbonyl (C=O) groups excluding carboxylic acids is 2. The number of likely N-dealkylation sites (tertiary alicyclic amines) is 2. The lowest BCUT2D eigenvalue weighted by Crippen LogP contribution is -2.42. The van der Waals surface area contributed by atoms with Gasteiger partial charge in [-0.25, -0.2) is 8.42 Å². The van der Waals surface area contributed by atoms with Gasteiger partial charge in [0.25, 0.3) is 0 Å². The van der Waals surface area contributed by atoms with Crippen molar-refractivity contribution >= 4 is 21.8 Å². The minimum absolute atomic E-state index is 0.0316. The van der Waals surface area contributed by atoms with Crippen LogP contribution in [0.3, 0.4) is 0 Å². The molecule has 0 radical (unpaired) electrons. The molecule has 1 aromatic rings. The van der Waals surface area contributed by atoms with E-state index < -0.39 is 10.0 Å². The van der Waals surface area contributed by atoms with E-state index in [0.717, 1.165) is 26.1 Å². The van der Waals surface area contributed by atoms with Gasteiger partial charge in [-0.15, -0.1) is 0 Å². The molecule has 10 nitrogen and oxygen atoms in total. The van der Waals surface area contributed by atoms with E-state index in [1.54, 1.807) is 45.0 Å². The van der Waals surface area contributed by atoms with E-state index in [4.69, 9.17) is 9.47 Å². The number of likely N-dealkylation sites (N-methyl/N-ethyl adjacent to an activating group) is 2. The molecule has 1 aromatic carbocycles. The third kappa shape index (κ3) is 7.43. The zero-order chi connectivity index (χ0) is 27.2. The van der Waals surface area contributed by atoms with Crippen LogP contribution in [0, 0.1) is 13.8 Å². The first-order chi connectivity index (χ1) is 17.5. The standard InChI is InChI=1S/C26H42N4O6S/c1-20-16-23(35-5)17-21(2)26(20)37(33,34)27(3)14-15-36-19-25(32)28(4)22-8-13-30(18-22)24(31)9-12-29-10-6-7-11-29/h16-17,22H,6-15,18-19H2,1-5H3/t22-/m1/s1. The van der Waals surface area contributed by atoms with Gasteiger partial charge >= 0.3 is 0 Å². The molecule has 0 saturated carbocycles. The number of hydrogen-bond donors (Lipinski definition) is 0. The first kappa shape index (κ1) is 29.3. The van der Waals surface area contributed by atoms with E-state index in [2.05, 4.69) is 4.90 Å². The molecule has 2 heterocycles. The molecule has 11 heteroatoms. The Morgan fingerprint density at radius 2 is 1.73 bits per heavy atom. The summed E-state index contributed by atoms with van der Waals surface area (Å²) in [5, 5.41) is 0. The van der Waals surface area contributed by atoms with Gasteiger partial charge in [0.05, 0.1) is 24.7 Å². The van der Waals surface area contributed by atoms with E-state index in [1.165, 1.54) is 24.2 Å². The molecule has 0 unspecified atom stereocenters. The summed E-state index contributed by atoms with van der Waals surface area (Å²) in [5.41, 5.74) is 1.23. The number of hydrogen-bond acceptors (Lipinski definition) is 7. The number of benzene rings is 1. The molecule has 37 heavy (non-hydrogen) atoms. The molecule has 2 amide bonds. The number of nitrogens with zero attached hydrogens (tertiary/aromatic N) is 4. The Hall–Kier alpha value is -2.21. The molecule has 0 aromatic heterocycles. The van der Waals surface area contributed by atoms with E-state index >= 15 is 0 Å². The third-order valence-electron chi connectivity index (χ3n) is 7.41. The van der Waals surface area contributed by atoms with Crippen molar-refractivity contribution in [1.82, 2.24) is 19.0 Å². The Balaban J connectivity index is 1.41. The molecule has 2 aliphatic heterocycles. The highest BCUT2D eigenvalue weighted by molar-refractivity contribution is 7.89. The lowest BCUT2D eigenvalue weighted by molar-refractivity contribution is -0.137. The van der Waals surface area contributed by atoms with Crippen LogP contribution in [0.15, 0.2) is 17.0 Å². The van der Waals surface area contributed by atoms with Gasteiger partial charge in [0.15, 0.2) is 0 Å². The van der Waals surface area contributed by atoms with Gasteiger partial charge in [-0.05, 0) is 69.5 Å². The summed E-state index contributed by atoms with van der Waals surface area (Å²) in [6.45, 7) is 7.73. The van der Waals surface area contributed by atoms with E-state index in [-0.39, 0.29) is 42.5 Å². The molecule has 0 aliphatic carbocycles. The number of amides is 2. The Morgan fingerprint density at radius 1 is 1.08 bits per heavy atom. The van der Waals surface area contributed by atoms with Gasteiger partial charge in [-0.2, -0.15) is 4.31 Å². The average Bonchev–Trinajstić information content (AvgIpc) is 3.56. The number of carbonyl (C=O) groups is 2. The van der Waals surface area contributed by atoms with Crippen molar-refractivity contribution in [2.24, 2.45) is 0 Å². The Morgan fingerprint density at radius 3 is 2.35 bits per heavy atom.